The van der Waals surface area contributed by atoms with Crippen molar-refractivity contribution in [3.05, 3.63) is 0 Å². The van der Waals surface area contributed by atoms with E-state index < -0.39 is 34.5 Å². The maximum Gasteiger partial charge on any atom is 0.323 e. The van der Waals surface area contributed by atoms with Gasteiger partial charge in [-0.15, -0.1) is 0 Å². The Morgan fingerprint density at radius 3 is 2.58 bits per heavy atom. The highest BCUT2D eigenvalue weighted by Gasteiger charge is 2.39. The third kappa shape index (κ3) is 3.90. The zero-order chi connectivity index (χ0) is 14.6. The van der Waals surface area contributed by atoms with Crippen LogP contribution in [0.15, 0.2) is 0 Å². The van der Waals surface area contributed by atoms with Gasteiger partial charge in [0.1, 0.15) is 12.6 Å². The van der Waals surface area contributed by atoms with Gasteiger partial charge < -0.3 is 10.0 Å². The summed E-state index contributed by atoms with van der Waals surface area (Å²) in [6, 6.07) is -0.749. The minimum absolute atomic E-state index is 0.0133. The fraction of sp³-hybridized carbons (Fsp3) is 0.818. The standard InChI is InChI=1S/C11H20N2O5S/c1-3-7-19(17,18)13-6-4-5-9(13)11(16)12(2)8-10(14)15/h9H,3-8H2,1-2H3,(H,14,15). The van der Waals surface area contributed by atoms with Gasteiger partial charge in [0.2, 0.25) is 15.9 Å². The molecule has 1 rings (SSSR count). The Hall–Kier alpha value is -1.15. The molecule has 0 bridgehead atoms. The average molecular weight is 292 g/mol. The molecule has 0 aromatic rings. The third-order valence-electron chi connectivity index (χ3n) is 3.06. The lowest BCUT2D eigenvalue weighted by Gasteiger charge is -2.26. The van der Waals surface area contributed by atoms with E-state index in [1.807, 2.05) is 0 Å². The topological polar surface area (TPSA) is 95.0 Å². The molecule has 0 saturated carbocycles. The first-order valence-electron chi connectivity index (χ1n) is 6.26. The molecule has 19 heavy (non-hydrogen) atoms. The van der Waals surface area contributed by atoms with Crippen LogP contribution in [0.4, 0.5) is 0 Å². The fourth-order valence-corrected chi connectivity index (χ4v) is 3.97. The lowest BCUT2D eigenvalue weighted by Crippen LogP contribution is -2.48. The molecule has 0 aliphatic carbocycles. The van der Waals surface area contributed by atoms with Crippen molar-refractivity contribution in [1.82, 2.24) is 9.21 Å². The van der Waals surface area contributed by atoms with Crippen LogP contribution < -0.4 is 0 Å². The first-order chi connectivity index (χ1) is 8.79. The van der Waals surface area contributed by atoms with E-state index in [1.54, 1.807) is 6.92 Å². The molecule has 0 aromatic heterocycles. The van der Waals surface area contributed by atoms with Crippen molar-refractivity contribution in [3.63, 3.8) is 0 Å². The lowest BCUT2D eigenvalue weighted by atomic mass is 10.2. The van der Waals surface area contributed by atoms with Gasteiger partial charge in [0.15, 0.2) is 0 Å². The van der Waals surface area contributed by atoms with Crippen molar-refractivity contribution in [2.75, 3.05) is 25.9 Å². The molecule has 1 saturated heterocycles. The first kappa shape index (κ1) is 15.9. The molecule has 1 heterocycles. The molecule has 1 fully saturated rings. The summed E-state index contributed by atoms with van der Waals surface area (Å²) in [7, 11) is -2.05. The zero-order valence-electron chi connectivity index (χ0n) is 11.2. The van der Waals surface area contributed by atoms with E-state index in [0.29, 0.717) is 25.8 Å². The van der Waals surface area contributed by atoms with Crippen LogP contribution in [0.3, 0.4) is 0 Å². The zero-order valence-corrected chi connectivity index (χ0v) is 12.0. The van der Waals surface area contributed by atoms with E-state index in [-0.39, 0.29) is 5.75 Å². The van der Waals surface area contributed by atoms with Gasteiger partial charge in [-0.25, -0.2) is 8.42 Å². The van der Waals surface area contributed by atoms with E-state index in [4.69, 9.17) is 5.11 Å². The molecule has 1 aliphatic rings. The van der Waals surface area contributed by atoms with E-state index in [0.717, 1.165) is 4.90 Å². The van der Waals surface area contributed by atoms with Crippen molar-refractivity contribution in [1.29, 1.82) is 0 Å². The quantitative estimate of drug-likeness (QED) is 0.727. The Labute approximate surface area is 113 Å². The number of aliphatic carboxylic acids is 1. The number of hydrogen-bond donors (Lipinski definition) is 1. The Morgan fingerprint density at radius 1 is 1.42 bits per heavy atom. The number of carbonyl (C=O) groups is 2. The number of nitrogens with zero attached hydrogens (tertiary/aromatic N) is 2. The summed E-state index contributed by atoms with van der Waals surface area (Å²) in [6.07, 6.45) is 1.57. The Morgan fingerprint density at radius 2 is 2.05 bits per heavy atom. The van der Waals surface area contributed by atoms with E-state index in [9.17, 15) is 18.0 Å². The molecule has 7 nitrogen and oxygen atoms in total. The maximum absolute atomic E-state index is 12.1. The summed E-state index contributed by atoms with van der Waals surface area (Å²) < 4.78 is 25.3. The summed E-state index contributed by atoms with van der Waals surface area (Å²) in [5.41, 5.74) is 0. The van der Waals surface area contributed by atoms with Gasteiger partial charge in [-0.1, -0.05) is 6.92 Å². The molecule has 1 aliphatic heterocycles. The number of likely N-dealkylation sites (N-methyl/N-ethyl adjacent to an activating group) is 1. The highest BCUT2D eigenvalue weighted by atomic mass is 32.2. The summed E-state index contributed by atoms with van der Waals surface area (Å²) >= 11 is 0. The predicted molar refractivity (Wildman–Crippen MR) is 69.1 cm³/mol. The summed E-state index contributed by atoms with van der Waals surface area (Å²) in [4.78, 5) is 23.7. The second-order valence-electron chi connectivity index (χ2n) is 4.67. The number of rotatable bonds is 6. The molecule has 110 valence electrons. The van der Waals surface area contributed by atoms with E-state index in [1.165, 1.54) is 11.4 Å². The molecule has 1 atom stereocenters. The number of carboxylic acid groups (broad SMARTS) is 1. The Bertz CT molecular complexity index is 448. The van der Waals surface area contributed by atoms with Gasteiger partial charge >= 0.3 is 5.97 Å². The monoisotopic (exact) mass is 292 g/mol. The van der Waals surface area contributed by atoms with Crippen LogP contribution in [-0.2, 0) is 19.6 Å². The highest BCUT2D eigenvalue weighted by Crippen LogP contribution is 2.23. The molecule has 8 heteroatoms. The molecule has 1 unspecified atom stereocenters. The van der Waals surface area contributed by atoms with Crippen LogP contribution in [0.2, 0.25) is 0 Å². The minimum atomic E-state index is -3.43. The Balaban J connectivity index is 2.82. The van der Waals surface area contributed by atoms with Crippen LogP contribution in [0.25, 0.3) is 0 Å². The largest absolute Gasteiger partial charge is 0.480 e. The predicted octanol–water partition coefficient (Wildman–Crippen LogP) is -0.266. The van der Waals surface area contributed by atoms with Gasteiger partial charge in [0.25, 0.3) is 0 Å². The second kappa shape index (κ2) is 6.33. The van der Waals surface area contributed by atoms with Crippen LogP contribution in [-0.4, -0.2) is 66.5 Å². The number of amides is 1. The molecular weight excluding hydrogens is 272 g/mol. The van der Waals surface area contributed by atoms with Crippen LogP contribution in [0, 0.1) is 0 Å². The molecule has 1 amide bonds. The second-order valence-corrected chi connectivity index (χ2v) is 6.71. The normalized spacial score (nSPS) is 20.4. The fourth-order valence-electron chi connectivity index (χ4n) is 2.23. The molecule has 0 aromatic carbocycles. The third-order valence-corrected chi connectivity index (χ3v) is 5.13. The van der Waals surface area contributed by atoms with E-state index >= 15 is 0 Å². The number of carbonyl (C=O) groups excluding carboxylic acids is 1. The van der Waals surface area contributed by atoms with Crippen molar-refractivity contribution < 1.29 is 23.1 Å². The number of carboxylic acids is 1. The van der Waals surface area contributed by atoms with Crippen LogP contribution in [0.5, 0.6) is 0 Å². The lowest BCUT2D eigenvalue weighted by molar-refractivity contribution is -0.144. The van der Waals surface area contributed by atoms with Crippen LogP contribution >= 0.6 is 0 Å². The van der Waals surface area contributed by atoms with Crippen molar-refractivity contribution in [2.24, 2.45) is 0 Å². The van der Waals surface area contributed by atoms with Gasteiger partial charge in [0.05, 0.1) is 5.75 Å². The molecule has 1 N–H and O–H groups in total. The number of sulfonamides is 1. The number of hydrogen-bond acceptors (Lipinski definition) is 4. The first-order valence-corrected chi connectivity index (χ1v) is 7.86. The molecule has 0 radical (unpaired) electrons. The summed E-state index contributed by atoms with van der Waals surface area (Å²) in [5, 5.41) is 8.66. The van der Waals surface area contributed by atoms with Crippen molar-refractivity contribution in [3.8, 4) is 0 Å². The van der Waals surface area contributed by atoms with Crippen molar-refractivity contribution >= 4 is 21.9 Å². The van der Waals surface area contributed by atoms with Crippen LogP contribution in [0.1, 0.15) is 26.2 Å². The van der Waals surface area contributed by atoms with Crippen molar-refractivity contribution in [2.45, 2.75) is 32.2 Å². The average Bonchev–Trinajstić information content (AvgIpc) is 2.76. The van der Waals surface area contributed by atoms with E-state index in [2.05, 4.69) is 0 Å². The summed E-state index contributed by atoms with van der Waals surface area (Å²) in [5.74, 6) is -1.55. The van der Waals surface area contributed by atoms with Gasteiger partial charge in [-0.2, -0.15) is 4.31 Å². The molecular formula is C11H20N2O5S. The van der Waals surface area contributed by atoms with Gasteiger partial charge in [-0.05, 0) is 19.3 Å². The Kier molecular flexibility index (Phi) is 5.30. The maximum atomic E-state index is 12.1. The highest BCUT2D eigenvalue weighted by molar-refractivity contribution is 7.89. The summed E-state index contributed by atoms with van der Waals surface area (Å²) in [6.45, 7) is 1.68. The van der Waals surface area contributed by atoms with Gasteiger partial charge in [0, 0.05) is 13.6 Å². The van der Waals surface area contributed by atoms with Gasteiger partial charge in [-0.3, -0.25) is 9.59 Å². The minimum Gasteiger partial charge on any atom is -0.480 e. The molecule has 0 spiro atoms. The SMILES string of the molecule is CCCS(=O)(=O)N1CCCC1C(=O)N(C)CC(=O)O. The smallest absolute Gasteiger partial charge is 0.323 e.